The minimum Gasteiger partial charge on any atom is -0.444 e. The molecule has 4 rings (SSSR count). The molecule has 2 amide bonds. The topological polar surface area (TPSA) is 136 Å². The molecule has 12 nitrogen and oxygen atoms in total. The third-order valence-corrected chi connectivity index (χ3v) is 5.37. The van der Waals surface area contributed by atoms with Crippen molar-refractivity contribution in [3.05, 3.63) is 35.0 Å². The van der Waals surface area contributed by atoms with Crippen LogP contribution >= 0.6 is 0 Å². The number of hydrogen-bond acceptors (Lipinski definition) is 7. The lowest BCUT2D eigenvalue weighted by Gasteiger charge is -2.26. The van der Waals surface area contributed by atoms with Gasteiger partial charge >= 0.3 is 12.2 Å². The number of aryl methyl sites for hydroxylation is 1. The van der Waals surface area contributed by atoms with Gasteiger partial charge in [-0.2, -0.15) is 5.10 Å². The van der Waals surface area contributed by atoms with Gasteiger partial charge in [-0.15, -0.1) is 5.10 Å². The minimum absolute atomic E-state index is 0.153. The molecule has 38 heavy (non-hydrogen) atoms. The van der Waals surface area contributed by atoms with E-state index in [-0.39, 0.29) is 23.1 Å². The summed E-state index contributed by atoms with van der Waals surface area (Å²) >= 11 is 0. The number of carbonyl (C=O) groups is 2. The van der Waals surface area contributed by atoms with E-state index in [1.807, 2.05) is 25.7 Å². The van der Waals surface area contributed by atoms with Gasteiger partial charge in [-0.1, -0.05) is 12.8 Å². The number of nitrogens with one attached hydrogen (secondary N) is 2. The number of rotatable bonds is 2. The van der Waals surface area contributed by atoms with E-state index >= 15 is 0 Å². The Labute approximate surface area is 222 Å². The maximum absolute atomic E-state index is 12.2. The van der Waals surface area contributed by atoms with Crippen LogP contribution in [0, 0.1) is 0 Å². The van der Waals surface area contributed by atoms with Gasteiger partial charge in [-0.25, -0.2) is 14.1 Å². The molecule has 0 aromatic carbocycles. The summed E-state index contributed by atoms with van der Waals surface area (Å²) in [4.78, 5) is 40.3. The van der Waals surface area contributed by atoms with Gasteiger partial charge in [-0.3, -0.25) is 14.8 Å². The number of carbonyl (C=O) groups excluding carboxylic acids is 2. The number of aromatic nitrogens is 5. The van der Waals surface area contributed by atoms with Crippen LogP contribution < -0.4 is 10.9 Å². The number of hydrogen-bond donors (Lipinski definition) is 2. The van der Waals surface area contributed by atoms with Gasteiger partial charge in [0.1, 0.15) is 16.7 Å². The predicted molar refractivity (Wildman–Crippen MR) is 144 cm³/mol. The molecule has 0 atom stereocenters. The molecule has 0 radical (unpaired) electrons. The Morgan fingerprint density at radius 3 is 2.16 bits per heavy atom. The van der Waals surface area contributed by atoms with Gasteiger partial charge in [0.15, 0.2) is 5.82 Å². The van der Waals surface area contributed by atoms with E-state index in [0.29, 0.717) is 11.2 Å². The van der Waals surface area contributed by atoms with Gasteiger partial charge in [0.25, 0.3) is 5.56 Å². The molecule has 0 bridgehead atoms. The number of aromatic amines is 1. The summed E-state index contributed by atoms with van der Waals surface area (Å²) in [5, 5.41) is 10.8. The van der Waals surface area contributed by atoms with E-state index in [0.717, 1.165) is 31.5 Å². The molecule has 1 aliphatic rings. The molecule has 1 aliphatic heterocycles. The van der Waals surface area contributed by atoms with Crippen molar-refractivity contribution in [3.8, 4) is 11.3 Å². The number of ether oxygens (including phenoxy) is 2. The normalized spacial score (nSPS) is 14.3. The molecule has 0 spiro atoms. The summed E-state index contributed by atoms with van der Waals surface area (Å²) in [6.45, 7) is 12.7. The van der Waals surface area contributed by atoms with E-state index < -0.39 is 11.7 Å². The molecule has 4 heterocycles. The SMILES string of the molecule is CC(C)(C)OC(=O)N1CCCCCC1.Cn1cc(-c2cn3nc(NC(=O)OC(C)(C)C)cc3c(=O)[nH]2)cn1. The lowest BCUT2D eigenvalue weighted by molar-refractivity contribution is 0.0256. The van der Waals surface area contributed by atoms with Crippen LogP contribution in [0.5, 0.6) is 0 Å². The van der Waals surface area contributed by atoms with Gasteiger partial charge in [-0.05, 0) is 54.4 Å². The molecule has 1 saturated heterocycles. The molecule has 2 N–H and O–H groups in total. The van der Waals surface area contributed by atoms with Crippen LogP contribution in [0.1, 0.15) is 67.2 Å². The molecule has 0 saturated carbocycles. The maximum atomic E-state index is 12.2. The summed E-state index contributed by atoms with van der Waals surface area (Å²) < 4.78 is 13.5. The fourth-order valence-electron chi connectivity index (χ4n) is 3.76. The summed E-state index contributed by atoms with van der Waals surface area (Å²) in [5.41, 5.74) is 0.341. The Hall–Kier alpha value is -3.83. The highest BCUT2D eigenvalue weighted by Crippen LogP contribution is 2.17. The van der Waals surface area contributed by atoms with Gasteiger partial charge in [0.05, 0.1) is 18.1 Å². The molecular formula is C26H39N7O5. The van der Waals surface area contributed by atoms with Crippen molar-refractivity contribution in [2.45, 2.75) is 78.4 Å². The van der Waals surface area contributed by atoms with Crippen molar-refractivity contribution >= 4 is 23.5 Å². The van der Waals surface area contributed by atoms with Crippen molar-refractivity contribution < 1.29 is 19.1 Å². The maximum Gasteiger partial charge on any atom is 0.413 e. The number of nitrogens with zero attached hydrogens (tertiary/aromatic N) is 5. The van der Waals surface area contributed by atoms with Crippen LogP contribution in [0.3, 0.4) is 0 Å². The molecule has 12 heteroatoms. The van der Waals surface area contributed by atoms with Crippen molar-refractivity contribution in [2.24, 2.45) is 7.05 Å². The molecular weight excluding hydrogens is 490 g/mol. The first-order valence-electron chi connectivity index (χ1n) is 12.8. The number of amides is 2. The third-order valence-electron chi connectivity index (χ3n) is 5.37. The van der Waals surface area contributed by atoms with Gasteiger partial charge in [0.2, 0.25) is 0 Å². The first-order valence-corrected chi connectivity index (χ1v) is 12.8. The Balaban J connectivity index is 0.000000244. The second kappa shape index (κ2) is 11.7. The molecule has 3 aromatic rings. The number of H-pyrrole nitrogens is 1. The second-order valence-corrected chi connectivity index (χ2v) is 11.3. The highest BCUT2D eigenvalue weighted by molar-refractivity contribution is 5.84. The first kappa shape index (κ1) is 28.7. The molecule has 0 aliphatic carbocycles. The van der Waals surface area contributed by atoms with Crippen LogP contribution in [0.15, 0.2) is 29.5 Å². The minimum atomic E-state index is -0.630. The fourth-order valence-corrected chi connectivity index (χ4v) is 3.76. The Bertz CT molecular complexity index is 1300. The second-order valence-electron chi connectivity index (χ2n) is 11.3. The average Bonchev–Trinajstić information content (AvgIpc) is 3.27. The molecule has 208 valence electrons. The highest BCUT2D eigenvalue weighted by Gasteiger charge is 2.22. The van der Waals surface area contributed by atoms with Crippen LogP contribution in [0.4, 0.5) is 15.4 Å². The van der Waals surface area contributed by atoms with E-state index in [1.165, 1.54) is 23.4 Å². The van der Waals surface area contributed by atoms with Crippen LogP contribution in [-0.4, -0.2) is 65.8 Å². The summed E-state index contributed by atoms with van der Waals surface area (Å²) in [5.74, 6) is 0.234. The average molecular weight is 530 g/mol. The summed E-state index contributed by atoms with van der Waals surface area (Å²) in [6, 6.07) is 1.48. The van der Waals surface area contributed by atoms with Crippen LogP contribution in [0.2, 0.25) is 0 Å². The molecule has 3 aromatic heterocycles. The van der Waals surface area contributed by atoms with Crippen molar-refractivity contribution in [1.82, 2.24) is 29.3 Å². The number of anilines is 1. The van der Waals surface area contributed by atoms with Gasteiger partial charge < -0.3 is 19.4 Å². The summed E-state index contributed by atoms with van der Waals surface area (Å²) in [6.07, 6.45) is 8.99. The van der Waals surface area contributed by atoms with Crippen molar-refractivity contribution in [1.29, 1.82) is 0 Å². The number of fused-ring (bicyclic) bond motifs is 1. The lowest BCUT2D eigenvalue weighted by Crippen LogP contribution is -2.37. The van der Waals surface area contributed by atoms with E-state index in [4.69, 9.17) is 9.47 Å². The largest absolute Gasteiger partial charge is 0.444 e. The highest BCUT2D eigenvalue weighted by atomic mass is 16.6. The van der Waals surface area contributed by atoms with Crippen LogP contribution in [0.25, 0.3) is 16.8 Å². The Morgan fingerprint density at radius 2 is 1.61 bits per heavy atom. The zero-order valence-electron chi connectivity index (χ0n) is 23.3. The van der Waals surface area contributed by atoms with Crippen molar-refractivity contribution in [2.75, 3.05) is 18.4 Å². The number of likely N-dealkylation sites (tertiary alicyclic amines) is 1. The van der Waals surface area contributed by atoms with E-state index in [2.05, 4.69) is 20.5 Å². The van der Waals surface area contributed by atoms with E-state index in [9.17, 15) is 14.4 Å². The third kappa shape index (κ3) is 8.63. The zero-order chi connectivity index (χ0) is 28.1. The monoisotopic (exact) mass is 529 g/mol. The quantitative estimate of drug-likeness (QED) is 0.496. The molecule has 0 unspecified atom stereocenters. The standard InChI is InChI=1S/C15H18N6O3.C11H21NO2/c1-15(2,3)24-14(23)18-12-5-11-13(22)17-10(8-21(11)19-12)9-6-16-20(4)7-9;1-11(2,3)14-10(13)12-8-6-4-5-7-9-12/h5-8H,1-4H3,(H,17,22)(H,18,19,23);4-9H2,1-3H3. The smallest absolute Gasteiger partial charge is 0.413 e. The Morgan fingerprint density at radius 1 is 0.974 bits per heavy atom. The molecule has 1 fully saturated rings. The first-order chi connectivity index (χ1) is 17.7. The van der Waals surface area contributed by atoms with Gasteiger partial charge in [0, 0.05) is 38.0 Å². The summed E-state index contributed by atoms with van der Waals surface area (Å²) in [7, 11) is 1.79. The van der Waals surface area contributed by atoms with E-state index in [1.54, 1.807) is 51.1 Å². The van der Waals surface area contributed by atoms with Crippen LogP contribution in [-0.2, 0) is 16.5 Å². The fraction of sp³-hybridized carbons (Fsp3) is 0.577. The predicted octanol–water partition coefficient (Wildman–Crippen LogP) is 4.57. The zero-order valence-corrected chi connectivity index (χ0v) is 23.3. The lowest BCUT2D eigenvalue weighted by atomic mass is 10.2. The van der Waals surface area contributed by atoms with Crippen molar-refractivity contribution in [3.63, 3.8) is 0 Å². The Kier molecular flexibility index (Phi) is 8.85.